The number of nitrogens with one attached hydrogen (secondary N) is 1. The number of hydrogen-bond donors (Lipinski definition) is 2. The maximum atomic E-state index is 11.2. The molecular formula is C8H13N3O. The zero-order valence-electron chi connectivity index (χ0n) is 7.35. The molecule has 0 aliphatic rings. The number of aromatic nitrogens is 2. The predicted octanol–water partition coefficient (Wildman–Crippen LogP) is -0.112. The van der Waals surface area contributed by atoms with Crippen LogP contribution in [0.1, 0.15) is 17.1 Å². The van der Waals surface area contributed by atoms with Gasteiger partial charge in [-0.2, -0.15) is 0 Å². The molecule has 0 saturated carbocycles. The first-order valence-corrected chi connectivity index (χ1v) is 3.91. The van der Waals surface area contributed by atoms with Crippen molar-refractivity contribution in [3.63, 3.8) is 0 Å². The molecule has 0 radical (unpaired) electrons. The largest absolute Gasteiger partial charge is 0.330 e. The molecule has 1 aromatic heterocycles. The van der Waals surface area contributed by atoms with E-state index in [1.807, 2.05) is 6.92 Å². The molecule has 1 heterocycles. The van der Waals surface area contributed by atoms with Crippen LogP contribution >= 0.6 is 0 Å². The second kappa shape index (κ2) is 3.49. The maximum absolute atomic E-state index is 11.2. The summed E-state index contributed by atoms with van der Waals surface area (Å²) in [4.78, 5) is 18.1. The number of nitrogens with two attached hydrogens (primary N) is 1. The standard InChI is InChI=1S/C8H13N3O/c1-5-6(2)10-7(3-4-9)11-8(5)12/h3-4,9H2,1-2H3,(H,10,11,12). The summed E-state index contributed by atoms with van der Waals surface area (Å²) in [6, 6.07) is 0. The number of rotatable bonds is 2. The van der Waals surface area contributed by atoms with Gasteiger partial charge in [-0.1, -0.05) is 0 Å². The molecule has 0 amide bonds. The monoisotopic (exact) mass is 167 g/mol. The quantitative estimate of drug-likeness (QED) is 0.645. The molecule has 66 valence electrons. The molecule has 1 aromatic rings. The van der Waals surface area contributed by atoms with E-state index in [4.69, 9.17) is 5.73 Å². The van der Waals surface area contributed by atoms with Crippen LogP contribution < -0.4 is 11.3 Å². The van der Waals surface area contributed by atoms with Gasteiger partial charge in [0.25, 0.3) is 5.56 Å². The van der Waals surface area contributed by atoms with Crippen molar-refractivity contribution in [2.45, 2.75) is 20.3 Å². The summed E-state index contributed by atoms with van der Waals surface area (Å²) < 4.78 is 0. The molecule has 0 unspecified atom stereocenters. The lowest BCUT2D eigenvalue weighted by Gasteiger charge is -2.01. The van der Waals surface area contributed by atoms with Gasteiger partial charge in [0, 0.05) is 17.7 Å². The molecule has 0 aromatic carbocycles. The highest BCUT2D eigenvalue weighted by Crippen LogP contribution is 1.96. The number of nitrogens with zero attached hydrogens (tertiary/aromatic N) is 1. The third-order valence-electron chi connectivity index (χ3n) is 1.82. The van der Waals surface area contributed by atoms with E-state index in [2.05, 4.69) is 9.97 Å². The highest BCUT2D eigenvalue weighted by Gasteiger charge is 2.01. The van der Waals surface area contributed by atoms with E-state index in [-0.39, 0.29) is 5.56 Å². The van der Waals surface area contributed by atoms with Crippen LogP contribution in [0.4, 0.5) is 0 Å². The van der Waals surface area contributed by atoms with Crippen molar-refractivity contribution in [2.75, 3.05) is 6.54 Å². The molecule has 4 nitrogen and oxygen atoms in total. The van der Waals surface area contributed by atoms with Gasteiger partial charge in [-0.25, -0.2) is 4.98 Å². The van der Waals surface area contributed by atoms with Crippen molar-refractivity contribution in [1.29, 1.82) is 0 Å². The van der Waals surface area contributed by atoms with Crippen molar-refractivity contribution in [3.05, 3.63) is 27.4 Å². The first-order chi connectivity index (χ1) is 5.65. The molecule has 0 aliphatic heterocycles. The topological polar surface area (TPSA) is 71.8 Å². The number of aromatic amines is 1. The fourth-order valence-electron chi connectivity index (χ4n) is 0.958. The lowest BCUT2D eigenvalue weighted by molar-refractivity contribution is 0.834. The van der Waals surface area contributed by atoms with Crippen molar-refractivity contribution in [2.24, 2.45) is 5.73 Å². The predicted molar refractivity (Wildman–Crippen MR) is 47.1 cm³/mol. The molecule has 0 bridgehead atoms. The second-order valence-electron chi connectivity index (χ2n) is 2.76. The molecule has 12 heavy (non-hydrogen) atoms. The Hall–Kier alpha value is -1.16. The number of aryl methyl sites for hydroxylation is 1. The Kier molecular flexibility index (Phi) is 2.60. The van der Waals surface area contributed by atoms with Gasteiger partial charge in [-0.3, -0.25) is 4.79 Å². The minimum atomic E-state index is -0.0639. The SMILES string of the molecule is Cc1nc(CCN)[nH]c(=O)c1C. The summed E-state index contributed by atoms with van der Waals surface area (Å²) in [5.41, 5.74) is 6.73. The van der Waals surface area contributed by atoms with Crippen LogP contribution in [0, 0.1) is 13.8 Å². The van der Waals surface area contributed by atoms with E-state index in [0.29, 0.717) is 24.4 Å². The smallest absolute Gasteiger partial charge is 0.254 e. The van der Waals surface area contributed by atoms with Crippen molar-refractivity contribution in [3.8, 4) is 0 Å². The number of H-pyrrole nitrogens is 1. The van der Waals surface area contributed by atoms with Gasteiger partial charge >= 0.3 is 0 Å². The van der Waals surface area contributed by atoms with E-state index in [9.17, 15) is 4.79 Å². The van der Waals surface area contributed by atoms with Gasteiger partial charge in [0.2, 0.25) is 0 Å². The Morgan fingerprint density at radius 3 is 2.67 bits per heavy atom. The maximum Gasteiger partial charge on any atom is 0.254 e. The van der Waals surface area contributed by atoms with Crippen LogP contribution in [0.3, 0.4) is 0 Å². The van der Waals surface area contributed by atoms with Crippen LogP contribution in [0.25, 0.3) is 0 Å². The van der Waals surface area contributed by atoms with E-state index in [1.165, 1.54) is 0 Å². The molecular weight excluding hydrogens is 154 g/mol. The average Bonchev–Trinajstić information content (AvgIpc) is 2.01. The summed E-state index contributed by atoms with van der Waals surface area (Å²) in [6.07, 6.45) is 0.621. The first kappa shape index (κ1) is 8.93. The summed E-state index contributed by atoms with van der Waals surface area (Å²) in [6.45, 7) is 4.09. The number of hydrogen-bond acceptors (Lipinski definition) is 3. The minimum absolute atomic E-state index is 0.0639. The molecule has 4 heteroatoms. The Labute approximate surface area is 70.8 Å². The van der Waals surface area contributed by atoms with Crippen LogP contribution in [0.5, 0.6) is 0 Å². The Morgan fingerprint density at radius 1 is 1.50 bits per heavy atom. The van der Waals surface area contributed by atoms with E-state index >= 15 is 0 Å². The van der Waals surface area contributed by atoms with Crippen molar-refractivity contribution in [1.82, 2.24) is 9.97 Å². The molecule has 3 N–H and O–H groups in total. The zero-order valence-corrected chi connectivity index (χ0v) is 7.35. The lowest BCUT2D eigenvalue weighted by Crippen LogP contribution is -2.18. The van der Waals surface area contributed by atoms with E-state index < -0.39 is 0 Å². The molecule has 0 saturated heterocycles. The van der Waals surface area contributed by atoms with Gasteiger partial charge in [0.15, 0.2) is 0 Å². The van der Waals surface area contributed by atoms with Crippen molar-refractivity contribution < 1.29 is 0 Å². The first-order valence-electron chi connectivity index (χ1n) is 3.91. The van der Waals surface area contributed by atoms with E-state index in [1.54, 1.807) is 6.92 Å². The normalized spacial score (nSPS) is 10.2. The van der Waals surface area contributed by atoms with E-state index in [0.717, 1.165) is 5.69 Å². The molecule has 0 atom stereocenters. The third-order valence-corrected chi connectivity index (χ3v) is 1.82. The Balaban J connectivity index is 3.13. The van der Waals surface area contributed by atoms with Crippen LogP contribution in [0.2, 0.25) is 0 Å². The fraction of sp³-hybridized carbons (Fsp3) is 0.500. The van der Waals surface area contributed by atoms with Gasteiger partial charge in [0.1, 0.15) is 5.82 Å². The average molecular weight is 167 g/mol. The Bertz CT molecular complexity index is 330. The summed E-state index contributed by atoms with van der Waals surface area (Å²) in [5.74, 6) is 0.672. The van der Waals surface area contributed by atoms with Crippen molar-refractivity contribution >= 4 is 0 Å². The summed E-state index contributed by atoms with van der Waals surface area (Å²) in [7, 11) is 0. The van der Waals surface area contributed by atoms with Gasteiger partial charge in [-0.05, 0) is 20.4 Å². The highest BCUT2D eigenvalue weighted by atomic mass is 16.1. The fourth-order valence-corrected chi connectivity index (χ4v) is 0.958. The molecule has 0 fully saturated rings. The van der Waals surface area contributed by atoms with Gasteiger partial charge in [-0.15, -0.1) is 0 Å². The lowest BCUT2D eigenvalue weighted by atomic mass is 10.2. The van der Waals surface area contributed by atoms with Gasteiger partial charge < -0.3 is 10.7 Å². The molecule has 1 rings (SSSR count). The molecule has 0 aliphatic carbocycles. The van der Waals surface area contributed by atoms with Crippen LogP contribution in [-0.4, -0.2) is 16.5 Å². The summed E-state index contributed by atoms with van der Waals surface area (Å²) >= 11 is 0. The highest BCUT2D eigenvalue weighted by molar-refractivity contribution is 5.14. The van der Waals surface area contributed by atoms with Crippen LogP contribution in [0.15, 0.2) is 4.79 Å². The van der Waals surface area contributed by atoms with Crippen LogP contribution in [-0.2, 0) is 6.42 Å². The Morgan fingerprint density at radius 2 is 2.17 bits per heavy atom. The molecule has 0 spiro atoms. The minimum Gasteiger partial charge on any atom is -0.330 e. The third kappa shape index (κ3) is 1.71. The van der Waals surface area contributed by atoms with Gasteiger partial charge in [0.05, 0.1) is 0 Å². The summed E-state index contributed by atoms with van der Waals surface area (Å²) in [5, 5.41) is 0. The second-order valence-corrected chi connectivity index (χ2v) is 2.76. The zero-order chi connectivity index (χ0) is 9.14.